The highest BCUT2D eigenvalue weighted by atomic mass is 16.6. The Hall–Kier alpha value is -1.42. The normalized spacial score (nSPS) is 30.4. The predicted octanol–water partition coefficient (Wildman–Crippen LogP) is 2.48. The number of nitrogens with zero attached hydrogens (tertiary/aromatic N) is 2. The quantitative estimate of drug-likeness (QED) is 0.779. The van der Waals surface area contributed by atoms with E-state index in [1.54, 1.807) is 11.1 Å². The Morgan fingerprint density at radius 2 is 2.00 bits per heavy atom. The fourth-order valence-corrected chi connectivity index (χ4v) is 3.30. The first kappa shape index (κ1) is 12.6. The molecule has 19 heavy (non-hydrogen) atoms. The van der Waals surface area contributed by atoms with E-state index in [4.69, 9.17) is 4.74 Å². The summed E-state index contributed by atoms with van der Waals surface area (Å²) in [6.45, 7) is 10.9. The van der Waals surface area contributed by atoms with Crippen LogP contribution in [0.3, 0.4) is 0 Å². The van der Waals surface area contributed by atoms with Crippen LogP contribution in [0, 0.1) is 5.41 Å². The average Bonchev–Trinajstić information content (AvgIpc) is 2.60. The SMILES string of the molecule is CCN1C(=O)C2(OC(C)(C)C2(C)C)c2cccnc21. The van der Waals surface area contributed by atoms with Crippen molar-refractivity contribution in [2.75, 3.05) is 11.4 Å². The molecule has 1 spiro atoms. The lowest BCUT2D eigenvalue weighted by atomic mass is 9.57. The number of aromatic nitrogens is 1. The minimum atomic E-state index is -0.865. The van der Waals surface area contributed by atoms with Crippen LogP contribution in [0.5, 0.6) is 0 Å². The maximum atomic E-state index is 12.9. The van der Waals surface area contributed by atoms with Crippen LogP contribution >= 0.6 is 0 Å². The summed E-state index contributed by atoms with van der Waals surface area (Å²) in [6.07, 6.45) is 1.73. The fourth-order valence-electron chi connectivity index (χ4n) is 3.30. The van der Waals surface area contributed by atoms with Crippen molar-refractivity contribution in [1.82, 2.24) is 4.98 Å². The van der Waals surface area contributed by atoms with E-state index in [1.807, 2.05) is 32.9 Å². The van der Waals surface area contributed by atoms with E-state index in [2.05, 4.69) is 18.8 Å². The molecular formula is C15H20N2O2. The molecule has 1 saturated heterocycles. The molecule has 1 atom stereocenters. The standard InChI is InChI=1S/C15H20N2O2/c1-6-17-11-10(8-7-9-16-11)15(12(17)18)13(2,3)14(4,5)19-15/h7-9H,6H2,1-5H3. The maximum Gasteiger partial charge on any atom is 0.265 e. The molecule has 1 aromatic heterocycles. The summed E-state index contributed by atoms with van der Waals surface area (Å²) in [5, 5.41) is 0. The van der Waals surface area contributed by atoms with Gasteiger partial charge in [-0.1, -0.05) is 19.9 Å². The van der Waals surface area contributed by atoms with Crippen LogP contribution in [0.25, 0.3) is 0 Å². The van der Waals surface area contributed by atoms with Crippen LogP contribution in [0.1, 0.15) is 40.2 Å². The lowest BCUT2D eigenvalue weighted by molar-refractivity contribution is -0.342. The minimum absolute atomic E-state index is 0.0213. The van der Waals surface area contributed by atoms with Gasteiger partial charge in [-0.15, -0.1) is 0 Å². The summed E-state index contributed by atoms with van der Waals surface area (Å²) in [5.74, 6) is 0.770. The molecule has 1 fully saturated rings. The van der Waals surface area contributed by atoms with Crippen LogP contribution in [0.15, 0.2) is 18.3 Å². The van der Waals surface area contributed by atoms with Gasteiger partial charge in [-0.3, -0.25) is 9.69 Å². The topological polar surface area (TPSA) is 42.4 Å². The van der Waals surface area contributed by atoms with Gasteiger partial charge in [0.25, 0.3) is 5.91 Å². The number of anilines is 1. The van der Waals surface area contributed by atoms with Crippen LogP contribution < -0.4 is 4.90 Å². The van der Waals surface area contributed by atoms with Crippen LogP contribution in [0.2, 0.25) is 0 Å². The first-order chi connectivity index (χ1) is 8.79. The summed E-state index contributed by atoms with van der Waals surface area (Å²) < 4.78 is 6.13. The summed E-state index contributed by atoms with van der Waals surface area (Å²) in [4.78, 5) is 19.0. The van der Waals surface area contributed by atoms with E-state index >= 15 is 0 Å². The number of hydrogen-bond acceptors (Lipinski definition) is 3. The van der Waals surface area contributed by atoms with Crippen molar-refractivity contribution in [1.29, 1.82) is 0 Å². The van der Waals surface area contributed by atoms with E-state index < -0.39 is 5.60 Å². The third-order valence-corrected chi connectivity index (χ3v) is 5.08. The zero-order valence-corrected chi connectivity index (χ0v) is 12.2. The van der Waals surface area contributed by atoms with Crippen LogP contribution in [-0.4, -0.2) is 23.0 Å². The van der Waals surface area contributed by atoms with Gasteiger partial charge in [0, 0.05) is 23.7 Å². The Morgan fingerprint density at radius 3 is 2.53 bits per heavy atom. The summed E-state index contributed by atoms with van der Waals surface area (Å²) in [5.41, 5.74) is -0.541. The lowest BCUT2D eigenvalue weighted by Crippen LogP contribution is -2.72. The number of carbonyl (C=O) groups excluding carboxylic acids is 1. The molecule has 102 valence electrons. The number of ether oxygens (including phenoxy) is 1. The molecule has 3 rings (SSSR count). The third kappa shape index (κ3) is 1.14. The number of rotatable bonds is 1. The highest BCUT2D eigenvalue weighted by molar-refractivity contribution is 6.07. The molecule has 0 aliphatic carbocycles. The molecule has 3 heterocycles. The largest absolute Gasteiger partial charge is 0.353 e. The van der Waals surface area contributed by atoms with Crippen molar-refractivity contribution in [2.24, 2.45) is 5.41 Å². The number of amides is 1. The molecule has 1 amide bonds. The van der Waals surface area contributed by atoms with Crippen molar-refractivity contribution in [3.05, 3.63) is 23.9 Å². The average molecular weight is 260 g/mol. The van der Waals surface area contributed by atoms with Gasteiger partial charge in [-0.2, -0.15) is 0 Å². The van der Waals surface area contributed by atoms with Crippen LogP contribution in [0.4, 0.5) is 5.82 Å². The van der Waals surface area contributed by atoms with E-state index in [1.165, 1.54) is 0 Å². The van der Waals surface area contributed by atoms with Gasteiger partial charge in [-0.05, 0) is 26.8 Å². The molecule has 0 N–H and O–H groups in total. The van der Waals surface area contributed by atoms with Gasteiger partial charge in [0.2, 0.25) is 0 Å². The number of likely N-dealkylation sites (N-methyl/N-ethyl adjacent to an activating group) is 1. The smallest absolute Gasteiger partial charge is 0.265 e. The Labute approximate surface area is 113 Å². The van der Waals surface area contributed by atoms with E-state index in [9.17, 15) is 4.79 Å². The van der Waals surface area contributed by atoms with Gasteiger partial charge < -0.3 is 4.74 Å². The summed E-state index contributed by atoms with van der Waals surface area (Å²) in [7, 11) is 0. The first-order valence-electron chi connectivity index (χ1n) is 6.77. The predicted molar refractivity (Wildman–Crippen MR) is 72.9 cm³/mol. The molecule has 0 bridgehead atoms. The minimum Gasteiger partial charge on any atom is -0.353 e. The second-order valence-corrected chi connectivity index (χ2v) is 6.34. The second kappa shape index (κ2) is 3.37. The monoisotopic (exact) mass is 260 g/mol. The van der Waals surface area contributed by atoms with E-state index in [-0.39, 0.29) is 16.9 Å². The van der Waals surface area contributed by atoms with Gasteiger partial charge in [0.1, 0.15) is 5.82 Å². The highest BCUT2D eigenvalue weighted by Crippen LogP contribution is 2.66. The molecular weight excluding hydrogens is 240 g/mol. The van der Waals surface area contributed by atoms with Gasteiger partial charge >= 0.3 is 0 Å². The molecule has 0 saturated carbocycles. The number of carbonyl (C=O) groups is 1. The Kier molecular flexibility index (Phi) is 2.23. The Morgan fingerprint density at radius 1 is 1.32 bits per heavy atom. The molecule has 4 nitrogen and oxygen atoms in total. The zero-order valence-electron chi connectivity index (χ0n) is 12.2. The summed E-state index contributed by atoms with van der Waals surface area (Å²) >= 11 is 0. The van der Waals surface area contributed by atoms with Gasteiger partial charge in [0.15, 0.2) is 5.60 Å². The lowest BCUT2D eigenvalue weighted by Gasteiger charge is -2.63. The first-order valence-corrected chi connectivity index (χ1v) is 6.77. The van der Waals surface area contributed by atoms with Crippen molar-refractivity contribution in [3.63, 3.8) is 0 Å². The van der Waals surface area contributed by atoms with Crippen molar-refractivity contribution < 1.29 is 9.53 Å². The second-order valence-electron chi connectivity index (χ2n) is 6.34. The Bertz CT molecular complexity index is 565. The highest BCUT2D eigenvalue weighted by Gasteiger charge is 2.75. The molecule has 0 radical (unpaired) electrons. The van der Waals surface area contributed by atoms with Gasteiger partial charge in [0.05, 0.1) is 5.60 Å². The molecule has 0 aromatic carbocycles. The summed E-state index contributed by atoms with van der Waals surface area (Å²) in [6, 6.07) is 3.84. The number of fused-ring (bicyclic) bond motifs is 2. The third-order valence-electron chi connectivity index (χ3n) is 5.08. The van der Waals surface area contributed by atoms with Crippen LogP contribution in [-0.2, 0) is 15.1 Å². The maximum absolute atomic E-state index is 12.9. The number of pyridine rings is 1. The molecule has 1 unspecified atom stereocenters. The van der Waals surface area contributed by atoms with E-state index in [0.29, 0.717) is 6.54 Å². The molecule has 2 aliphatic rings. The van der Waals surface area contributed by atoms with Crippen molar-refractivity contribution >= 4 is 11.7 Å². The molecule has 1 aromatic rings. The Balaban J connectivity index is 2.23. The zero-order chi connectivity index (χ0) is 14.1. The number of hydrogen-bond donors (Lipinski definition) is 0. The van der Waals surface area contributed by atoms with Crippen molar-refractivity contribution in [2.45, 2.75) is 45.8 Å². The van der Waals surface area contributed by atoms with Crippen molar-refractivity contribution in [3.8, 4) is 0 Å². The van der Waals surface area contributed by atoms with Gasteiger partial charge in [-0.25, -0.2) is 4.98 Å². The molecule has 4 heteroatoms. The fraction of sp³-hybridized carbons (Fsp3) is 0.600. The molecule has 2 aliphatic heterocycles. The van der Waals surface area contributed by atoms with E-state index in [0.717, 1.165) is 11.4 Å².